The molecule has 1 aliphatic heterocycles. The first-order valence-corrected chi connectivity index (χ1v) is 11.4. The number of halogens is 1. The van der Waals surface area contributed by atoms with E-state index < -0.39 is 0 Å². The number of hydrogen-bond donors (Lipinski definition) is 2. The van der Waals surface area contributed by atoms with Crippen molar-refractivity contribution in [2.75, 3.05) is 6.54 Å². The summed E-state index contributed by atoms with van der Waals surface area (Å²) in [4.78, 5) is 15.6. The molecule has 2 heterocycles. The molecule has 0 bridgehead atoms. The summed E-state index contributed by atoms with van der Waals surface area (Å²) in [7, 11) is 0. The van der Waals surface area contributed by atoms with Crippen LogP contribution in [0.5, 0.6) is 0 Å². The molecule has 0 amide bonds. The third kappa shape index (κ3) is 3.97. The minimum Gasteiger partial charge on any atom is -0.322 e. The molecule has 0 saturated heterocycles. The average molecular weight is 419 g/mol. The van der Waals surface area contributed by atoms with Gasteiger partial charge in [-0.1, -0.05) is 41.9 Å². The van der Waals surface area contributed by atoms with Gasteiger partial charge >= 0.3 is 0 Å². The molecule has 0 radical (unpaired) electrons. The number of aryl methyl sites for hydroxylation is 2. The van der Waals surface area contributed by atoms with Crippen molar-refractivity contribution in [3.8, 4) is 0 Å². The number of H-pyrrole nitrogens is 1. The summed E-state index contributed by atoms with van der Waals surface area (Å²) in [6, 6.07) is 15.2. The molecule has 154 valence electrons. The van der Waals surface area contributed by atoms with Crippen LogP contribution in [0.4, 0.5) is 0 Å². The lowest BCUT2D eigenvalue weighted by Gasteiger charge is -2.25. The van der Waals surface area contributed by atoms with Gasteiger partial charge in [-0.2, -0.15) is 0 Å². The second kappa shape index (κ2) is 8.41. The van der Waals surface area contributed by atoms with E-state index >= 15 is 0 Å². The summed E-state index contributed by atoms with van der Waals surface area (Å²) in [6.07, 6.45) is 9.64. The van der Waals surface area contributed by atoms with Crippen LogP contribution in [0.1, 0.15) is 47.9 Å². The molecule has 30 heavy (non-hydrogen) atoms. The van der Waals surface area contributed by atoms with E-state index in [1.807, 2.05) is 12.1 Å². The zero-order chi connectivity index (χ0) is 20.5. The van der Waals surface area contributed by atoms with E-state index in [-0.39, 0.29) is 5.56 Å². The van der Waals surface area contributed by atoms with E-state index in [1.165, 1.54) is 34.1 Å². The van der Waals surface area contributed by atoms with Crippen LogP contribution < -0.4 is 10.9 Å². The Morgan fingerprint density at radius 3 is 2.63 bits per heavy atom. The number of nitrogens with one attached hydrogen (secondary N) is 2. The average Bonchev–Trinajstić information content (AvgIpc) is 2.78. The highest BCUT2D eigenvalue weighted by Gasteiger charge is 2.18. The summed E-state index contributed by atoms with van der Waals surface area (Å²) >= 11 is 6.03. The van der Waals surface area contributed by atoms with Gasteiger partial charge < -0.3 is 10.3 Å². The van der Waals surface area contributed by atoms with Gasteiger partial charge in [-0.05, 0) is 85.4 Å². The Morgan fingerprint density at radius 1 is 1.00 bits per heavy atom. The minimum atomic E-state index is 0.112. The van der Waals surface area contributed by atoms with Gasteiger partial charge in [-0.15, -0.1) is 0 Å². The zero-order valence-corrected chi connectivity index (χ0v) is 17.9. The molecule has 2 aromatic carbocycles. The maximum absolute atomic E-state index is 12.5. The molecule has 1 aromatic heterocycles. The van der Waals surface area contributed by atoms with E-state index in [2.05, 4.69) is 46.7 Å². The topological polar surface area (TPSA) is 44.9 Å². The number of rotatable bonds is 4. The van der Waals surface area contributed by atoms with Crippen LogP contribution >= 0.6 is 11.6 Å². The van der Waals surface area contributed by atoms with E-state index in [9.17, 15) is 4.79 Å². The van der Waals surface area contributed by atoms with E-state index in [0.717, 1.165) is 61.2 Å². The van der Waals surface area contributed by atoms with Crippen LogP contribution in [0.2, 0.25) is 5.02 Å². The first-order valence-electron chi connectivity index (χ1n) is 11.0. The molecule has 4 heteroatoms. The molecule has 1 atom stereocenters. The van der Waals surface area contributed by atoms with Crippen molar-refractivity contribution in [3.63, 3.8) is 0 Å². The SMILES string of the molecule is O=c1[nH]c2cc(CCC3CC(c4ccc(Cl)cc4)=CCN3)ccc2c2c1CCCC2. The Bertz CT molecular complexity index is 1160. The van der Waals surface area contributed by atoms with Crippen LogP contribution in [-0.4, -0.2) is 17.6 Å². The van der Waals surface area contributed by atoms with Crippen molar-refractivity contribution in [1.29, 1.82) is 0 Å². The lowest BCUT2D eigenvalue weighted by Crippen LogP contribution is -2.33. The summed E-state index contributed by atoms with van der Waals surface area (Å²) in [5, 5.41) is 5.64. The van der Waals surface area contributed by atoms with Crippen molar-refractivity contribution >= 4 is 28.1 Å². The second-order valence-electron chi connectivity index (χ2n) is 8.58. The third-order valence-electron chi connectivity index (χ3n) is 6.62. The van der Waals surface area contributed by atoms with Gasteiger partial charge in [0.2, 0.25) is 0 Å². The molecule has 0 fully saturated rings. The Labute approximate surface area is 182 Å². The smallest absolute Gasteiger partial charge is 0.251 e. The van der Waals surface area contributed by atoms with Crippen LogP contribution in [0.3, 0.4) is 0 Å². The normalized spacial score (nSPS) is 18.8. The zero-order valence-electron chi connectivity index (χ0n) is 17.1. The molecule has 2 aliphatic rings. The monoisotopic (exact) mass is 418 g/mol. The van der Waals surface area contributed by atoms with Gasteiger partial charge in [-0.3, -0.25) is 4.79 Å². The van der Waals surface area contributed by atoms with Gasteiger partial charge in [0.25, 0.3) is 5.56 Å². The maximum Gasteiger partial charge on any atom is 0.251 e. The standard InChI is InChI=1S/C26H27ClN2O/c27-20-9-7-18(8-10-20)19-13-14-28-21(16-19)11-5-17-6-12-23-22-3-1-2-4-24(22)26(30)29-25(23)15-17/h6-10,12-13,15,21,28H,1-5,11,14,16H2,(H,29,30). The quantitative estimate of drug-likeness (QED) is 0.592. The Balaban J connectivity index is 1.30. The van der Waals surface area contributed by atoms with Gasteiger partial charge in [0.15, 0.2) is 0 Å². The van der Waals surface area contributed by atoms with Crippen molar-refractivity contribution in [3.05, 3.63) is 86.2 Å². The summed E-state index contributed by atoms with van der Waals surface area (Å²) < 4.78 is 0. The molecule has 0 saturated carbocycles. The van der Waals surface area contributed by atoms with Gasteiger partial charge in [0.1, 0.15) is 0 Å². The predicted molar refractivity (Wildman–Crippen MR) is 125 cm³/mol. The Hall–Kier alpha value is -2.36. The van der Waals surface area contributed by atoms with Gasteiger partial charge in [-0.25, -0.2) is 0 Å². The van der Waals surface area contributed by atoms with E-state index in [4.69, 9.17) is 11.6 Å². The Kier molecular flexibility index (Phi) is 5.49. The number of pyridine rings is 1. The first kappa shape index (κ1) is 19.6. The molecular weight excluding hydrogens is 392 g/mol. The van der Waals surface area contributed by atoms with Crippen LogP contribution in [0, 0.1) is 0 Å². The Morgan fingerprint density at radius 2 is 1.80 bits per heavy atom. The fourth-order valence-electron chi connectivity index (χ4n) is 4.98. The molecule has 3 aromatic rings. The molecule has 1 aliphatic carbocycles. The maximum atomic E-state index is 12.5. The highest BCUT2D eigenvalue weighted by atomic mass is 35.5. The number of aromatic amines is 1. The molecule has 5 rings (SSSR count). The van der Waals surface area contributed by atoms with Gasteiger partial charge in [0.05, 0.1) is 0 Å². The predicted octanol–water partition coefficient (Wildman–Crippen LogP) is 5.44. The second-order valence-corrected chi connectivity index (χ2v) is 9.02. The number of hydrogen-bond acceptors (Lipinski definition) is 2. The number of benzene rings is 2. The van der Waals surface area contributed by atoms with Crippen molar-refractivity contribution in [2.45, 2.75) is 51.0 Å². The fraction of sp³-hybridized carbons (Fsp3) is 0.346. The van der Waals surface area contributed by atoms with Crippen LogP contribution in [0.25, 0.3) is 16.5 Å². The minimum absolute atomic E-state index is 0.112. The van der Waals surface area contributed by atoms with Crippen molar-refractivity contribution < 1.29 is 0 Å². The number of fused-ring (bicyclic) bond motifs is 3. The van der Waals surface area contributed by atoms with E-state index in [1.54, 1.807) is 0 Å². The molecular formula is C26H27ClN2O. The molecule has 1 unspecified atom stereocenters. The summed E-state index contributed by atoms with van der Waals surface area (Å²) in [5.74, 6) is 0. The largest absolute Gasteiger partial charge is 0.322 e. The van der Waals surface area contributed by atoms with Gasteiger partial charge in [0, 0.05) is 34.1 Å². The fourth-order valence-corrected chi connectivity index (χ4v) is 5.10. The molecule has 0 spiro atoms. The summed E-state index contributed by atoms with van der Waals surface area (Å²) in [5.41, 5.74) is 7.34. The number of aromatic nitrogens is 1. The first-order chi connectivity index (χ1) is 14.7. The van der Waals surface area contributed by atoms with Crippen LogP contribution in [-0.2, 0) is 19.3 Å². The lowest BCUT2D eigenvalue weighted by atomic mass is 9.89. The van der Waals surface area contributed by atoms with E-state index in [0.29, 0.717) is 6.04 Å². The highest BCUT2D eigenvalue weighted by Crippen LogP contribution is 2.28. The third-order valence-corrected chi connectivity index (χ3v) is 6.87. The van der Waals surface area contributed by atoms with Crippen molar-refractivity contribution in [1.82, 2.24) is 10.3 Å². The highest BCUT2D eigenvalue weighted by molar-refractivity contribution is 6.30. The summed E-state index contributed by atoms with van der Waals surface area (Å²) in [6.45, 7) is 0.903. The van der Waals surface area contributed by atoms with Crippen LogP contribution in [0.15, 0.2) is 53.3 Å². The lowest BCUT2D eigenvalue weighted by molar-refractivity contribution is 0.501. The van der Waals surface area contributed by atoms with Crippen molar-refractivity contribution in [2.24, 2.45) is 0 Å². The molecule has 2 N–H and O–H groups in total. The molecule has 3 nitrogen and oxygen atoms in total.